The van der Waals surface area contributed by atoms with Crippen LogP contribution in [0.1, 0.15) is 25.8 Å². The molecule has 0 aromatic heterocycles. The number of ether oxygens (including phenoxy) is 1. The van der Waals surface area contributed by atoms with Gasteiger partial charge in [-0.3, -0.25) is 9.69 Å². The lowest BCUT2D eigenvalue weighted by Gasteiger charge is -2.27. The lowest BCUT2D eigenvalue weighted by Crippen LogP contribution is -2.47. The maximum atomic E-state index is 12.7. The largest absolute Gasteiger partial charge is 0.496 e. The van der Waals surface area contributed by atoms with Gasteiger partial charge in [-0.15, -0.1) is 0 Å². The van der Waals surface area contributed by atoms with E-state index in [4.69, 9.17) is 17.0 Å². The molecule has 1 aromatic rings. The van der Waals surface area contributed by atoms with Crippen LogP contribution in [-0.4, -0.2) is 39.4 Å². The Kier molecular flexibility index (Phi) is 6.01. The van der Waals surface area contributed by atoms with Crippen LogP contribution in [0.3, 0.4) is 0 Å². The second kappa shape index (κ2) is 7.81. The van der Waals surface area contributed by atoms with E-state index >= 15 is 0 Å². The molecule has 7 heteroatoms. The molecule has 1 N–H and O–H groups in total. The molecule has 1 aliphatic heterocycles. The van der Waals surface area contributed by atoms with E-state index in [1.807, 2.05) is 25.1 Å². The van der Waals surface area contributed by atoms with E-state index in [1.165, 1.54) is 4.90 Å². The number of carbonyl (C=O) groups excluding carboxylic acids is 1. The molecule has 0 bridgehead atoms. The first-order chi connectivity index (χ1) is 11.4. The van der Waals surface area contributed by atoms with Crippen molar-refractivity contribution in [2.45, 2.75) is 26.3 Å². The third-order valence-corrected chi connectivity index (χ3v) is 5.29. The van der Waals surface area contributed by atoms with E-state index in [0.29, 0.717) is 17.1 Å². The summed E-state index contributed by atoms with van der Waals surface area (Å²) in [6.07, 6.45) is 2.33. The number of thiocarbonyl (C=S) groups is 1. The van der Waals surface area contributed by atoms with Gasteiger partial charge in [0.1, 0.15) is 16.1 Å². The summed E-state index contributed by atoms with van der Waals surface area (Å²) in [7, 11) is 1.56. The number of methoxy groups -OCH3 is 1. The Labute approximate surface area is 150 Å². The molecule has 2 unspecified atom stereocenters. The second-order valence-corrected chi connectivity index (χ2v) is 7.14. The molecule has 0 aliphatic carbocycles. The molecule has 24 heavy (non-hydrogen) atoms. The zero-order chi connectivity index (χ0) is 17.9. The predicted molar refractivity (Wildman–Crippen MR) is 98.9 cm³/mol. The third-order valence-electron chi connectivity index (χ3n) is 3.96. The number of hydrogen-bond donors (Lipinski definition) is 1. The predicted octanol–water partition coefficient (Wildman–Crippen LogP) is 3.40. The maximum Gasteiger partial charge on any atom is 0.327 e. The topological polar surface area (TPSA) is 66.8 Å². The van der Waals surface area contributed by atoms with Crippen molar-refractivity contribution in [2.75, 3.05) is 7.11 Å². The van der Waals surface area contributed by atoms with Gasteiger partial charge < -0.3 is 9.84 Å². The van der Waals surface area contributed by atoms with Gasteiger partial charge >= 0.3 is 5.97 Å². The number of amides is 1. The summed E-state index contributed by atoms with van der Waals surface area (Å²) in [6.45, 7) is 3.70. The van der Waals surface area contributed by atoms with Crippen LogP contribution in [0, 0.1) is 5.92 Å². The SMILES string of the molecule is CCC(C)C(C(=O)O)N1C(=O)C(=Cc2ccccc2OC)SC1=S. The standard InChI is InChI=1S/C17H19NO4S2/c1-4-10(2)14(16(20)21)18-15(19)13(24-17(18)23)9-11-7-5-6-8-12(11)22-3/h5-10,14H,4H2,1-3H3,(H,20,21). The van der Waals surface area contributed by atoms with Crippen LogP contribution in [0.2, 0.25) is 0 Å². The average Bonchev–Trinajstić information content (AvgIpc) is 2.83. The first-order valence-electron chi connectivity index (χ1n) is 7.53. The molecule has 1 fully saturated rings. The molecule has 5 nitrogen and oxygen atoms in total. The molecule has 2 atom stereocenters. The summed E-state index contributed by atoms with van der Waals surface area (Å²) in [6, 6.07) is 6.35. The van der Waals surface area contributed by atoms with Crippen LogP contribution in [0.15, 0.2) is 29.2 Å². The van der Waals surface area contributed by atoms with E-state index in [1.54, 1.807) is 26.2 Å². The molecule has 0 radical (unpaired) electrons. The number of benzene rings is 1. The minimum absolute atomic E-state index is 0.199. The van der Waals surface area contributed by atoms with Crippen LogP contribution < -0.4 is 4.74 Å². The summed E-state index contributed by atoms with van der Waals surface area (Å²) in [5.74, 6) is -0.974. The number of aliphatic carboxylic acids is 1. The lowest BCUT2D eigenvalue weighted by atomic mass is 9.98. The van der Waals surface area contributed by atoms with Crippen molar-refractivity contribution in [2.24, 2.45) is 5.92 Å². The smallest absolute Gasteiger partial charge is 0.327 e. The Morgan fingerprint density at radius 2 is 2.12 bits per heavy atom. The fourth-order valence-corrected chi connectivity index (χ4v) is 3.80. The average molecular weight is 365 g/mol. The Morgan fingerprint density at radius 3 is 2.71 bits per heavy atom. The fourth-order valence-electron chi connectivity index (χ4n) is 2.48. The second-order valence-electron chi connectivity index (χ2n) is 5.46. The minimum atomic E-state index is -1.04. The van der Waals surface area contributed by atoms with Gasteiger partial charge in [0.05, 0.1) is 12.0 Å². The number of thioether (sulfide) groups is 1. The number of rotatable bonds is 6. The van der Waals surface area contributed by atoms with Crippen molar-refractivity contribution in [1.29, 1.82) is 0 Å². The summed E-state index contributed by atoms with van der Waals surface area (Å²) >= 11 is 6.39. The maximum absolute atomic E-state index is 12.7. The summed E-state index contributed by atoms with van der Waals surface area (Å²) in [5.41, 5.74) is 0.746. The zero-order valence-electron chi connectivity index (χ0n) is 13.7. The molecule has 0 saturated carbocycles. The number of carboxylic acids is 1. The molecule has 1 saturated heterocycles. The number of carboxylic acid groups (broad SMARTS) is 1. The van der Waals surface area contributed by atoms with Crippen LogP contribution in [0.5, 0.6) is 5.75 Å². The summed E-state index contributed by atoms with van der Waals surface area (Å²) in [5, 5.41) is 9.53. The molecule has 1 aromatic carbocycles. The Balaban J connectivity index is 2.38. The number of hydrogen-bond acceptors (Lipinski definition) is 5. The number of nitrogens with zero attached hydrogens (tertiary/aromatic N) is 1. The number of para-hydroxylation sites is 1. The Morgan fingerprint density at radius 1 is 1.46 bits per heavy atom. The first-order valence-corrected chi connectivity index (χ1v) is 8.76. The summed E-state index contributed by atoms with van der Waals surface area (Å²) in [4.78, 5) is 26.0. The van der Waals surface area contributed by atoms with Crippen LogP contribution in [-0.2, 0) is 9.59 Å². The molecule has 1 heterocycles. The van der Waals surface area contributed by atoms with Gasteiger partial charge in [-0.25, -0.2) is 4.79 Å². The molecule has 1 aliphatic rings. The molecule has 1 amide bonds. The minimum Gasteiger partial charge on any atom is -0.496 e. The highest BCUT2D eigenvalue weighted by atomic mass is 32.2. The van der Waals surface area contributed by atoms with Gasteiger partial charge in [-0.2, -0.15) is 0 Å². The number of carbonyl (C=O) groups is 2. The monoisotopic (exact) mass is 365 g/mol. The van der Waals surface area contributed by atoms with E-state index in [-0.39, 0.29) is 16.1 Å². The van der Waals surface area contributed by atoms with Gasteiger partial charge in [0, 0.05) is 5.56 Å². The van der Waals surface area contributed by atoms with E-state index in [9.17, 15) is 14.7 Å². The normalized spacial score (nSPS) is 18.8. The fraction of sp³-hybridized carbons (Fsp3) is 0.353. The van der Waals surface area contributed by atoms with E-state index < -0.39 is 12.0 Å². The van der Waals surface area contributed by atoms with Gasteiger partial charge in [0.15, 0.2) is 0 Å². The van der Waals surface area contributed by atoms with Gasteiger partial charge in [-0.05, 0) is 18.1 Å². The molecule has 0 spiro atoms. The van der Waals surface area contributed by atoms with Crippen molar-refractivity contribution < 1.29 is 19.4 Å². The van der Waals surface area contributed by atoms with Crippen molar-refractivity contribution in [3.05, 3.63) is 34.7 Å². The van der Waals surface area contributed by atoms with Crippen molar-refractivity contribution in [3.8, 4) is 5.75 Å². The molecule has 128 valence electrons. The molecule has 2 rings (SSSR count). The summed E-state index contributed by atoms with van der Waals surface area (Å²) < 4.78 is 5.55. The van der Waals surface area contributed by atoms with Crippen LogP contribution in [0.25, 0.3) is 6.08 Å². The van der Waals surface area contributed by atoms with Crippen molar-refractivity contribution >= 4 is 46.3 Å². The van der Waals surface area contributed by atoms with E-state index in [2.05, 4.69) is 0 Å². The van der Waals surface area contributed by atoms with E-state index in [0.717, 1.165) is 17.3 Å². The van der Waals surface area contributed by atoms with Gasteiger partial charge in [0.25, 0.3) is 5.91 Å². The lowest BCUT2D eigenvalue weighted by molar-refractivity contribution is -0.147. The van der Waals surface area contributed by atoms with Crippen LogP contribution in [0.4, 0.5) is 0 Å². The highest BCUT2D eigenvalue weighted by Gasteiger charge is 2.42. The van der Waals surface area contributed by atoms with Gasteiger partial charge in [-0.1, -0.05) is 62.4 Å². The molecular formula is C17H19NO4S2. The highest BCUT2D eigenvalue weighted by molar-refractivity contribution is 8.26. The zero-order valence-corrected chi connectivity index (χ0v) is 15.3. The van der Waals surface area contributed by atoms with Crippen molar-refractivity contribution in [1.82, 2.24) is 4.90 Å². The quantitative estimate of drug-likeness (QED) is 0.616. The Hall–Kier alpha value is -1.86. The molecular weight excluding hydrogens is 346 g/mol. The van der Waals surface area contributed by atoms with Gasteiger partial charge in [0.2, 0.25) is 0 Å². The van der Waals surface area contributed by atoms with Crippen LogP contribution >= 0.6 is 24.0 Å². The third kappa shape index (κ3) is 3.62. The van der Waals surface area contributed by atoms with Crippen molar-refractivity contribution in [3.63, 3.8) is 0 Å². The first kappa shape index (κ1) is 18.5. The Bertz CT molecular complexity index is 702. The highest BCUT2D eigenvalue weighted by Crippen LogP contribution is 2.37.